The van der Waals surface area contributed by atoms with Crippen LogP contribution in [-0.4, -0.2) is 16.1 Å². The van der Waals surface area contributed by atoms with Crippen LogP contribution in [0, 0.1) is 18.3 Å². The molecule has 0 aliphatic carbocycles. The highest BCUT2D eigenvalue weighted by molar-refractivity contribution is 5.69. The molecule has 4 heteroatoms. The van der Waals surface area contributed by atoms with Gasteiger partial charge in [-0.15, -0.1) is 0 Å². The Morgan fingerprint density at radius 3 is 2.43 bits per heavy atom. The molecule has 0 radical (unpaired) electrons. The maximum Gasteiger partial charge on any atom is 0.106 e. The standard InChI is InChI=1S/C26H24N4/c1-19-29-26(23-5-3-2-4-6-23)18-30(19)17-24-15-21(16-28)9-12-25(24)22-10-7-20(8-11-22)13-14-27/h2-12,15,18H,13-14,17,27H2,1H3. The first-order chi connectivity index (χ1) is 14.7. The van der Waals surface area contributed by atoms with Crippen LogP contribution in [-0.2, 0) is 13.0 Å². The van der Waals surface area contributed by atoms with Gasteiger partial charge in [-0.3, -0.25) is 0 Å². The molecule has 0 unspecified atom stereocenters. The van der Waals surface area contributed by atoms with Crippen molar-refractivity contribution in [3.8, 4) is 28.5 Å². The van der Waals surface area contributed by atoms with Gasteiger partial charge in [0.25, 0.3) is 0 Å². The third-order valence-electron chi connectivity index (χ3n) is 5.32. The minimum atomic E-state index is 0.644. The second-order valence-electron chi connectivity index (χ2n) is 7.39. The second kappa shape index (κ2) is 8.77. The van der Waals surface area contributed by atoms with Crippen molar-refractivity contribution < 1.29 is 0 Å². The number of rotatable bonds is 6. The molecule has 4 nitrogen and oxygen atoms in total. The van der Waals surface area contributed by atoms with Gasteiger partial charge in [0, 0.05) is 18.3 Å². The van der Waals surface area contributed by atoms with E-state index in [4.69, 9.17) is 10.7 Å². The molecule has 4 rings (SSSR count). The molecule has 2 N–H and O–H groups in total. The Hall–Kier alpha value is -3.68. The van der Waals surface area contributed by atoms with E-state index in [0.717, 1.165) is 40.2 Å². The first-order valence-electron chi connectivity index (χ1n) is 10.1. The van der Waals surface area contributed by atoms with E-state index in [-0.39, 0.29) is 0 Å². The van der Waals surface area contributed by atoms with Crippen LogP contribution in [0.2, 0.25) is 0 Å². The summed E-state index contributed by atoms with van der Waals surface area (Å²) in [5.41, 5.74) is 13.0. The van der Waals surface area contributed by atoms with E-state index in [0.29, 0.717) is 18.7 Å². The maximum atomic E-state index is 9.41. The van der Waals surface area contributed by atoms with Crippen molar-refractivity contribution in [1.82, 2.24) is 9.55 Å². The van der Waals surface area contributed by atoms with Gasteiger partial charge in [-0.2, -0.15) is 5.26 Å². The summed E-state index contributed by atoms with van der Waals surface area (Å²) >= 11 is 0. The largest absolute Gasteiger partial charge is 0.330 e. The Labute approximate surface area is 177 Å². The fraction of sp³-hybridized carbons (Fsp3) is 0.154. The SMILES string of the molecule is Cc1nc(-c2ccccc2)cn1Cc1cc(C#N)ccc1-c1ccc(CCN)cc1. The molecule has 0 bridgehead atoms. The number of aromatic nitrogens is 2. The Morgan fingerprint density at radius 1 is 0.967 bits per heavy atom. The van der Waals surface area contributed by atoms with Crippen LogP contribution in [0.4, 0.5) is 0 Å². The minimum Gasteiger partial charge on any atom is -0.330 e. The summed E-state index contributed by atoms with van der Waals surface area (Å²) in [6.07, 6.45) is 2.95. The lowest BCUT2D eigenvalue weighted by Crippen LogP contribution is -2.04. The van der Waals surface area contributed by atoms with Gasteiger partial charge in [0.2, 0.25) is 0 Å². The zero-order chi connectivity index (χ0) is 20.9. The van der Waals surface area contributed by atoms with Crippen LogP contribution in [0.15, 0.2) is 79.0 Å². The summed E-state index contributed by atoms with van der Waals surface area (Å²) in [6.45, 7) is 3.31. The monoisotopic (exact) mass is 392 g/mol. The highest BCUT2D eigenvalue weighted by Crippen LogP contribution is 2.27. The lowest BCUT2D eigenvalue weighted by atomic mass is 9.96. The van der Waals surface area contributed by atoms with Gasteiger partial charge in [0.05, 0.1) is 17.3 Å². The van der Waals surface area contributed by atoms with E-state index in [1.807, 2.05) is 43.3 Å². The molecule has 0 fully saturated rings. The molecular formula is C26H24N4. The molecule has 1 heterocycles. The average molecular weight is 393 g/mol. The summed E-state index contributed by atoms with van der Waals surface area (Å²) in [5, 5.41) is 9.41. The Morgan fingerprint density at radius 2 is 1.73 bits per heavy atom. The van der Waals surface area contributed by atoms with Crippen molar-refractivity contribution in [3.63, 3.8) is 0 Å². The van der Waals surface area contributed by atoms with Gasteiger partial charge in [-0.25, -0.2) is 4.98 Å². The van der Waals surface area contributed by atoms with Crippen LogP contribution in [0.5, 0.6) is 0 Å². The summed E-state index contributed by atoms with van der Waals surface area (Å²) in [6, 6.07) is 26.8. The highest BCUT2D eigenvalue weighted by Gasteiger charge is 2.11. The number of imidazole rings is 1. The fourth-order valence-electron chi connectivity index (χ4n) is 3.69. The lowest BCUT2D eigenvalue weighted by Gasteiger charge is -2.13. The van der Waals surface area contributed by atoms with E-state index in [2.05, 4.69) is 53.2 Å². The third-order valence-corrected chi connectivity index (χ3v) is 5.32. The smallest absolute Gasteiger partial charge is 0.106 e. The first-order valence-corrected chi connectivity index (χ1v) is 10.1. The molecule has 0 aliphatic rings. The number of hydrogen-bond acceptors (Lipinski definition) is 3. The number of nitriles is 1. The molecule has 0 saturated carbocycles. The molecule has 0 saturated heterocycles. The fourth-order valence-corrected chi connectivity index (χ4v) is 3.69. The van der Waals surface area contributed by atoms with Gasteiger partial charge in [-0.1, -0.05) is 60.7 Å². The molecule has 0 spiro atoms. The Bertz CT molecular complexity index is 1180. The summed E-state index contributed by atoms with van der Waals surface area (Å²) < 4.78 is 2.14. The zero-order valence-corrected chi connectivity index (χ0v) is 17.0. The molecule has 148 valence electrons. The van der Waals surface area contributed by atoms with Crippen molar-refractivity contribution in [1.29, 1.82) is 5.26 Å². The molecule has 0 aliphatic heterocycles. The summed E-state index contributed by atoms with van der Waals surface area (Å²) in [7, 11) is 0. The first kappa shape index (κ1) is 19.6. The van der Waals surface area contributed by atoms with E-state index in [1.54, 1.807) is 0 Å². The number of aryl methyl sites for hydroxylation is 1. The molecule has 30 heavy (non-hydrogen) atoms. The molecular weight excluding hydrogens is 368 g/mol. The van der Waals surface area contributed by atoms with Crippen LogP contribution in [0.25, 0.3) is 22.4 Å². The van der Waals surface area contributed by atoms with Crippen molar-refractivity contribution in [2.24, 2.45) is 5.73 Å². The van der Waals surface area contributed by atoms with E-state index in [1.165, 1.54) is 5.56 Å². The summed E-state index contributed by atoms with van der Waals surface area (Å²) in [5.74, 6) is 0.945. The quantitative estimate of drug-likeness (QED) is 0.505. The van der Waals surface area contributed by atoms with Crippen molar-refractivity contribution >= 4 is 0 Å². The molecule has 1 aromatic heterocycles. The van der Waals surface area contributed by atoms with Gasteiger partial charge in [0.15, 0.2) is 0 Å². The minimum absolute atomic E-state index is 0.644. The average Bonchev–Trinajstić information content (AvgIpc) is 3.15. The Balaban J connectivity index is 1.70. The molecule has 4 aromatic rings. The van der Waals surface area contributed by atoms with Gasteiger partial charge in [0.1, 0.15) is 5.82 Å². The molecule has 3 aromatic carbocycles. The predicted octanol–water partition coefficient (Wildman–Crippen LogP) is 4.95. The molecule has 0 atom stereocenters. The number of nitrogens with two attached hydrogens (primary N) is 1. The highest BCUT2D eigenvalue weighted by atomic mass is 15.1. The molecule has 0 amide bonds. The van der Waals surface area contributed by atoms with E-state index < -0.39 is 0 Å². The Kier molecular flexibility index (Phi) is 5.74. The number of benzene rings is 3. The number of hydrogen-bond donors (Lipinski definition) is 1. The predicted molar refractivity (Wildman–Crippen MR) is 121 cm³/mol. The van der Waals surface area contributed by atoms with Crippen LogP contribution in [0.1, 0.15) is 22.5 Å². The third kappa shape index (κ3) is 4.17. The van der Waals surface area contributed by atoms with E-state index in [9.17, 15) is 5.26 Å². The van der Waals surface area contributed by atoms with Crippen LogP contribution >= 0.6 is 0 Å². The van der Waals surface area contributed by atoms with Crippen LogP contribution in [0.3, 0.4) is 0 Å². The number of nitrogens with zero attached hydrogens (tertiary/aromatic N) is 3. The van der Waals surface area contributed by atoms with Gasteiger partial charge >= 0.3 is 0 Å². The van der Waals surface area contributed by atoms with Crippen molar-refractivity contribution in [2.45, 2.75) is 19.9 Å². The van der Waals surface area contributed by atoms with Gasteiger partial charge < -0.3 is 10.3 Å². The second-order valence-corrected chi connectivity index (χ2v) is 7.39. The van der Waals surface area contributed by atoms with Crippen LogP contribution < -0.4 is 5.73 Å². The van der Waals surface area contributed by atoms with Crippen molar-refractivity contribution in [3.05, 3.63) is 102 Å². The topological polar surface area (TPSA) is 67.6 Å². The normalized spacial score (nSPS) is 10.7. The van der Waals surface area contributed by atoms with Gasteiger partial charge in [-0.05, 0) is 54.3 Å². The zero-order valence-electron chi connectivity index (χ0n) is 17.0. The van der Waals surface area contributed by atoms with E-state index >= 15 is 0 Å². The maximum absolute atomic E-state index is 9.41. The summed E-state index contributed by atoms with van der Waals surface area (Å²) in [4.78, 5) is 4.74. The lowest BCUT2D eigenvalue weighted by molar-refractivity contribution is 0.763. The van der Waals surface area contributed by atoms with Crippen molar-refractivity contribution in [2.75, 3.05) is 6.54 Å².